The molecule has 2 unspecified atom stereocenters. The summed E-state index contributed by atoms with van der Waals surface area (Å²) in [6, 6.07) is 0. The molecule has 0 aromatic heterocycles. The molecule has 1 aliphatic carbocycles. The minimum absolute atomic E-state index is 0.0891. The van der Waals surface area contributed by atoms with Crippen molar-refractivity contribution in [1.82, 2.24) is 0 Å². The van der Waals surface area contributed by atoms with Crippen LogP contribution >= 0.6 is 0 Å². The highest BCUT2D eigenvalue weighted by Gasteiger charge is 2.32. The summed E-state index contributed by atoms with van der Waals surface area (Å²) in [4.78, 5) is 0. The number of allylic oxidation sites excluding steroid dienone is 1. The van der Waals surface area contributed by atoms with Crippen LogP contribution in [0.1, 0.15) is 19.8 Å². The lowest BCUT2D eigenvalue weighted by Gasteiger charge is -2.32. The topological polar surface area (TPSA) is 40.5 Å². The standard InChI is InChI=1S/C8H14O2/c1-7-4-2-3-5-8(7,10)6-9/h2,4,7,9-10H,3,5-6H2,1H3. The van der Waals surface area contributed by atoms with Crippen LogP contribution in [0, 0.1) is 5.92 Å². The van der Waals surface area contributed by atoms with Gasteiger partial charge in [0, 0.05) is 5.92 Å². The Hall–Kier alpha value is -0.340. The van der Waals surface area contributed by atoms with Gasteiger partial charge in [-0.15, -0.1) is 0 Å². The van der Waals surface area contributed by atoms with Crippen LogP contribution in [0.15, 0.2) is 12.2 Å². The summed E-state index contributed by atoms with van der Waals surface area (Å²) >= 11 is 0. The average molecular weight is 142 g/mol. The first-order valence-corrected chi connectivity index (χ1v) is 3.69. The molecule has 0 bridgehead atoms. The number of aliphatic hydroxyl groups is 2. The van der Waals surface area contributed by atoms with Gasteiger partial charge in [-0.2, -0.15) is 0 Å². The van der Waals surface area contributed by atoms with E-state index in [1.807, 2.05) is 13.0 Å². The van der Waals surface area contributed by atoms with Gasteiger partial charge in [-0.25, -0.2) is 0 Å². The Bertz CT molecular complexity index is 142. The minimum Gasteiger partial charge on any atom is -0.393 e. The van der Waals surface area contributed by atoms with Gasteiger partial charge in [0.25, 0.3) is 0 Å². The van der Waals surface area contributed by atoms with E-state index in [4.69, 9.17) is 5.11 Å². The van der Waals surface area contributed by atoms with Crippen LogP contribution in [0.25, 0.3) is 0 Å². The van der Waals surface area contributed by atoms with Gasteiger partial charge < -0.3 is 10.2 Å². The lowest BCUT2D eigenvalue weighted by molar-refractivity contribution is -0.0517. The first-order chi connectivity index (χ1) is 4.69. The third-order valence-corrected chi connectivity index (χ3v) is 2.29. The van der Waals surface area contributed by atoms with E-state index in [2.05, 4.69) is 6.08 Å². The fourth-order valence-electron chi connectivity index (χ4n) is 1.26. The van der Waals surface area contributed by atoms with Crippen molar-refractivity contribution in [3.05, 3.63) is 12.2 Å². The van der Waals surface area contributed by atoms with Crippen molar-refractivity contribution in [2.75, 3.05) is 6.61 Å². The monoisotopic (exact) mass is 142 g/mol. The van der Waals surface area contributed by atoms with E-state index >= 15 is 0 Å². The zero-order valence-corrected chi connectivity index (χ0v) is 6.25. The number of hydrogen-bond acceptors (Lipinski definition) is 2. The fraction of sp³-hybridized carbons (Fsp3) is 0.750. The number of aliphatic hydroxyl groups excluding tert-OH is 1. The van der Waals surface area contributed by atoms with Gasteiger partial charge >= 0.3 is 0 Å². The third-order valence-electron chi connectivity index (χ3n) is 2.29. The maximum atomic E-state index is 9.65. The van der Waals surface area contributed by atoms with Gasteiger partial charge in [-0.3, -0.25) is 0 Å². The second-order valence-electron chi connectivity index (χ2n) is 3.02. The van der Waals surface area contributed by atoms with Crippen LogP contribution in [-0.4, -0.2) is 22.4 Å². The Labute approximate surface area is 61.2 Å². The molecular weight excluding hydrogens is 128 g/mol. The van der Waals surface area contributed by atoms with E-state index in [1.165, 1.54) is 0 Å². The van der Waals surface area contributed by atoms with E-state index in [0.717, 1.165) is 6.42 Å². The molecule has 0 spiro atoms. The maximum Gasteiger partial charge on any atom is 0.0939 e. The maximum absolute atomic E-state index is 9.65. The number of rotatable bonds is 1. The largest absolute Gasteiger partial charge is 0.393 e. The van der Waals surface area contributed by atoms with Crippen LogP contribution < -0.4 is 0 Å². The van der Waals surface area contributed by atoms with Gasteiger partial charge in [-0.05, 0) is 12.8 Å². The van der Waals surface area contributed by atoms with Gasteiger partial charge in [0.1, 0.15) is 0 Å². The smallest absolute Gasteiger partial charge is 0.0939 e. The van der Waals surface area contributed by atoms with Crippen molar-refractivity contribution < 1.29 is 10.2 Å². The summed E-state index contributed by atoms with van der Waals surface area (Å²) < 4.78 is 0. The van der Waals surface area contributed by atoms with Crippen LogP contribution in [0.4, 0.5) is 0 Å². The van der Waals surface area contributed by atoms with Gasteiger partial charge in [0.05, 0.1) is 12.2 Å². The highest BCUT2D eigenvalue weighted by Crippen LogP contribution is 2.27. The Balaban J connectivity index is 2.67. The summed E-state index contributed by atoms with van der Waals surface area (Å²) in [5.41, 5.74) is -0.852. The molecule has 0 saturated carbocycles. The highest BCUT2D eigenvalue weighted by molar-refractivity contribution is 5.03. The van der Waals surface area contributed by atoms with E-state index in [1.54, 1.807) is 0 Å². The molecule has 58 valence electrons. The predicted octanol–water partition coefficient (Wildman–Crippen LogP) is 0.696. The first kappa shape index (κ1) is 7.76. The Morgan fingerprint density at radius 3 is 2.80 bits per heavy atom. The van der Waals surface area contributed by atoms with Crippen molar-refractivity contribution in [2.24, 2.45) is 5.92 Å². The lowest BCUT2D eigenvalue weighted by Crippen LogP contribution is -2.40. The van der Waals surface area contributed by atoms with Crippen LogP contribution in [0.5, 0.6) is 0 Å². The highest BCUT2D eigenvalue weighted by atomic mass is 16.3. The molecule has 0 amide bonds. The van der Waals surface area contributed by atoms with Gasteiger partial charge in [0.2, 0.25) is 0 Å². The van der Waals surface area contributed by atoms with Crippen molar-refractivity contribution in [3.8, 4) is 0 Å². The minimum atomic E-state index is -0.852. The molecule has 0 aromatic rings. The van der Waals surface area contributed by atoms with Crippen LogP contribution in [0.3, 0.4) is 0 Å². The molecule has 2 N–H and O–H groups in total. The van der Waals surface area contributed by atoms with Crippen LogP contribution in [0.2, 0.25) is 0 Å². The van der Waals surface area contributed by atoms with Gasteiger partial charge in [0.15, 0.2) is 0 Å². The SMILES string of the molecule is CC1C=CCCC1(O)CO. The van der Waals surface area contributed by atoms with Crippen molar-refractivity contribution in [1.29, 1.82) is 0 Å². The second-order valence-corrected chi connectivity index (χ2v) is 3.02. The van der Waals surface area contributed by atoms with Crippen molar-refractivity contribution >= 4 is 0 Å². The van der Waals surface area contributed by atoms with E-state index in [0.29, 0.717) is 6.42 Å². The lowest BCUT2D eigenvalue weighted by atomic mass is 9.81. The zero-order chi connectivity index (χ0) is 7.61. The molecule has 0 aliphatic heterocycles. The second kappa shape index (κ2) is 2.72. The van der Waals surface area contributed by atoms with Crippen LogP contribution in [-0.2, 0) is 0 Å². The molecule has 2 heteroatoms. The molecule has 10 heavy (non-hydrogen) atoms. The molecule has 0 saturated heterocycles. The summed E-state index contributed by atoms with van der Waals surface area (Å²) in [7, 11) is 0. The van der Waals surface area contributed by atoms with E-state index in [9.17, 15) is 5.11 Å². The predicted molar refractivity (Wildman–Crippen MR) is 39.6 cm³/mol. The summed E-state index contributed by atoms with van der Waals surface area (Å²) in [5, 5.41) is 18.5. The Morgan fingerprint density at radius 1 is 1.70 bits per heavy atom. The molecule has 0 fully saturated rings. The molecule has 1 rings (SSSR count). The fourth-order valence-corrected chi connectivity index (χ4v) is 1.26. The molecule has 1 aliphatic rings. The van der Waals surface area contributed by atoms with E-state index < -0.39 is 5.60 Å². The quantitative estimate of drug-likeness (QED) is 0.529. The number of hydrogen-bond donors (Lipinski definition) is 2. The van der Waals surface area contributed by atoms with Gasteiger partial charge in [-0.1, -0.05) is 19.1 Å². The molecule has 2 atom stereocenters. The zero-order valence-electron chi connectivity index (χ0n) is 6.25. The van der Waals surface area contributed by atoms with E-state index in [-0.39, 0.29) is 12.5 Å². The van der Waals surface area contributed by atoms with Crippen molar-refractivity contribution in [3.63, 3.8) is 0 Å². The Kier molecular flexibility index (Phi) is 2.11. The third kappa shape index (κ3) is 1.22. The van der Waals surface area contributed by atoms with Crippen molar-refractivity contribution in [2.45, 2.75) is 25.4 Å². The summed E-state index contributed by atoms with van der Waals surface area (Å²) in [6.45, 7) is 1.80. The summed E-state index contributed by atoms with van der Waals surface area (Å²) in [5.74, 6) is 0.0891. The molecule has 0 heterocycles. The summed E-state index contributed by atoms with van der Waals surface area (Å²) in [6.07, 6.45) is 5.57. The molecular formula is C8H14O2. The molecule has 0 radical (unpaired) electrons. The Morgan fingerprint density at radius 2 is 2.40 bits per heavy atom. The average Bonchev–Trinajstić information content (AvgIpc) is 1.96. The molecule has 2 nitrogen and oxygen atoms in total. The first-order valence-electron chi connectivity index (χ1n) is 3.69. The normalized spacial score (nSPS) is 40.1. The molecule has 0 aromatic carbocycles.